The van der Waals surface area contributed by atoms with Crippen LogP contribution in [-0.4, -0.2) is 35.1 Å². The predicted molar refractivity (Wildman–Crippen MR) is 80.5 cm³/mol. The van der Waals surface area contributed by atoms with Crippen LogP contribution in [0.5, 0.6) is 0 Å². The van der Waals surface area contributed by atoms with E-state index in [-0.39, 0.29) is 18.4 Å². The fraction of sp³-hybridized carbons (Fsp3) is 0.588. The van der Waals surface area contributed by atoms with E-state index in [1.165, 1.54) is 0 Å². The van der Waals surface area contributed by atoms with Crippen molar-refractivity contribution in [3.05, 3.63) is 35.9 Å². The summed E-state index contributed by atoms with van der Waals surface area (Å²) >= 11 is 0. The molecule has 1 saturated heterocycles. The van der Waals surface area contributed by atoms with Crippen LogP contribution in [0.15, 0.2) is 30.3 Å². The molecule has 2 rings (SSSR count). The molecule has 110 valence electrons. The Morgan fingerprint density at radius 3 is 2.80 bits per heavy atom. The molecular formula is C17H25NO2. The molecular weight excluding hydrogens is 250 g/mol. The van der Waals surface area contributed by atoms with Crippen LogP contribution in [0.1, 0.15) is 50.5 Å². The summed E-state index contributed by atoms with van der Waals surface area (Å²) in [4.78, 5) is 14.9. The highest BCUT2D eigenvalue weighted by atomic mass is 16.3. The number of carbonyl (C=O) groups excluding carboxylic acids is 1. The summed E-state index contributed by atoms with van der Waals surface area (Å²) in [6, 6.07) is 10.4. The molecule has 2 unspecified atom stereocenters. The third-order valence-electron chi connectivity index (χ3n) is 4.26. The normalized spacial score (nSPS) is 20.1. The van der Waals surface area contributed by atoms with Gasteiger partial charge in [-0.3, -0.25) is 4.79 Å². The van der Waals surface area contributed by atoms with Crippen LogP contribution in [0.4, 0.5) is 0 Å². The van der Waals surface area contributed by atoms with Crippen molar-refractivity contribution in [1.29, 1.82) is 0 Å². The van der Waals surface area contributed by atoms with Gasteiger partial charge in [0, 0.05) is 19.2 Å². The molecule has 20 heavy (non-hydrogen) atoms. The minimum atomic E-state index is -0.0223. The zero-order valence-electron chi connectivity index (χ0n) is 12.3. The molecule has 1 aliphatic heterocycles. The number of hydrogen-bond acceptors (Lipinski definition) is 2. The number of likely N-dealkylation sites (tertiary alicyclic amines) is 1. The zero-order chi connectivity index (χ0) is 14.4. The van der Waals surface area contributed by atoms with Crippen molar-refractivity contribution in [1.82, 2.24) is 4.90 Å². The lowest BCUT2D eigenvalue weighted by molar-refractivity contribution is -0.133. The van der Waals surface area contributed by atoms with Gasteiger partial charge >= 0.3 is 0 Å². The van der Waals surface area contributed by atoms with Crippen molar-refractivity contribution in [2.45, 2.75) is 51.0 Å². The van der Waals surface area contributed by atoms with E-state index in [4.69, 9.17) is 5.11 Å². The van der Waals surface area contributed by atoms with Crippen molar-refractivity contribution in [2.24, 2.45) is 0 Å². The number of nitrogens with zero attached hydrogens (tertiary/aromatic N) is 1. The van der Waals surface area contributed by atoms with Gasteiger partial charge < -0.3 is 10.0 Å². The van der Waals surface area contributed by atoms with Crippen molar-refractivity contribution < 1.29 is 9.90 Å². The first-order chi connectivity index (χ1) is 9.77. The van der Waals surface area contributed by atoms with Gasteiger partial charge in [-0.25, -0.2) is 0 Å². The average Bonchev–Trinajstić information content (AvgIpc) is 2.95. The van der Waals surface area contributed by atoms with Crippen LogP contribution < -0.4 is 0 Å². The summed E-state index contributed by atoms with van der Waals surface area (Å²) in [6.45, 7) is 3.17. The number of benzene rings is 1. The van der Waals surface area contributed by atoms with Crippen molar-refractivity contribution >= 4 is 5.91 Å². The van der Waals surface area contributed by atoms with Crippen molar-refractivity contribution in [2.75, 3.05) is 13.2 Å². The summed E-state index contributed by atoms with van der Waals surface area (Å²) in [5.41, 5.74) is 1.12. The Hall–Kier alpha value is -1.35. The van der Waals surface area contributed by atoms with E-state index < -0.39 is 0 Å². The maximum atomic E-state index is 12.8. The van der Waals surface area contributed by atoms with Crippen molar-refractivity contribution in [3.8, 4) is 0 Å². The van der Waals surface area contributed by atoms with Gasteiger partial charge in [-0.1, -0.05) is 37.3 Å². The molecule has 1 aliphatic rings. The van der Waals surface area contributed by atoms with Crippen LogP contribution in [-0.2, 0) is 4.79 Å². The third kappa shape index (κ3) is 3.40. The van der Waals surface area contributed by atoms with Gasteiger partial charge in [-0.2, -0.15) is 0 Å². The summed E-state index contributed by atoms with van der Waals surface area (Å²) in [5.74, 6) is 0.241. The van der Waals surface area contributed by atoms with E-state index in [0.717, 1.165) is 44.2 Å². The van der Waals surface area contributed by atoms with E-state index in [1.54, 1.807) is 0 Å². The standard InChI is InChI=1S/C17H25NO2/c1-2-16(14-8-4-3-5-9-14)17(20)18-12-6-10-15(18)11-7-13-19/h3-5,8-9,15-16,19H,2,6-7,10-13H2,1H3. The molecule has 0 bridgehead atoms. The van der Waals surface area contributed by atoms with Gasteiger partial charge in [0.25, 0.3) is 0 Å². The molecule has 0 radical (unpaired) electrons. The van der Waals surface area contributed by atoms with Gasteiger partial charge in [-0.05, 0) is 37.7 Å². The molecule has 3 heteroatoms. The first-order valence-corrected chi connectivity index (χ1v) is 7.74. The van der Waals surface area contributed by atoms with E-state index in [2.05, 4.69) is 11.8 Å². The first-order valence-electron chi connectivity index (χ1n) is 7.74. The first kappa shape index (κ1) is 15.0. The maximum absolute atomic E-state index is 12.8. The third-order valence-corrected chi connectivity index (χ3v) is 4.26. The Balaban J connectivity index is 2.08. The summed E-state index contributed by atoms with van der Waals surface area (Å²) in [7, 11) is 0. The smallest absolute Gasteiger partial charge is 0.230 e. The number of carbonyl (C=O) groups is 1. The zero-order valence-corrected chi connectivity index (χ0v) is 12.3. The molecule has 1 aromatic rings. The van der Waals surface area contributed by atoms with Gasteiger partial charge in [-0.15, -0.1) is 0 Å². The van der Waals surface area contributed by atoms with E-state index >= 15 is 0 Å². The van der Waals surface area contributed by atoms with Crippen molar-refractivity contribution in [3.63, 3.8) is 0 Å². The molecule has 1 N–H and O–H groups in total. The highest BCUT2D eigenvalue weighted by molar-refractivity contribution is 5.84. The molecule has 0 aliphatic carbocycles. The molecule has 0 saturated carbocycles. The Kier molecular flexibility index (Phi) is 5.60. The summed E-state index contributed by atoms with van der Waals surface area (Å²) < 4.78 is 0. The monoisotopic (exact) mass is 275 g/mol. The minimum absolute atomic E-state index is 0.0223. The topological polar surface area (TPSA) is 40.5 Å². The largest absolute Gasteiger partial charge is 0.396 e. The van der Waals surface area contributed by atoms with Crippen LogP contribution >= 0.6 is 0 Å². The van der Waals surface area contributed by atoms with Crippen LogP contribution in [0.2, 0.25) is 0 Å². The molecule has 2 atom stereocenters. The molecule has 0 spiro atoms. The second-order valence-corrected chi connectivity index (χ2v) is 5.57. The summed E-state index contributed by atoms with van der Waals surface area (Å²) in [5, 5.41) is 8.98. The minimum Gasteiger partial charge on any atom is -0.396 e. The second kappa shape index (κ2) is 7.44. The van der Waals surface area contributed by atoms with Crippen LogP contribution in [0.3, 0.4) is 0 Å². The number of amides is 1. The molecule has 1 aromatic carbocycles. The average molecular weight is 275 g/mol. The van der Waals surface area contributed by atoms with Crippen LogP contribution in [0, 0.1) is 0 Å². The molecule has 1 heterocycles. The fourth-order valence-corrected chi connectivity index (χ4v) is 3.19. The highest BCUT2D eigenvalue weighted by Crippen LogP contribution is 2.28. The van der Waals surface area contributed by atoms with Gasteiger partial charge in [0.1, 0.15) is 0 Å². The Labute approximate surface area is 121 Å². The lowest BCUT2D eigenvalue weighted by Crippen LogP contribution is -2.38. The Morgan fingerprint density at radius 1 is 1.40 bits per heavy atom. The number of aliphatic hydroxyl groups is 1. The van der Waals surface area contributed by atoms with E-state index in [0.29, 0.717) is 6.04 Å². The molecule has 3 nitrogen and oxygen atoms in total. The number of aliphatic hydroxyl groups excluding tert-OH is 1. The second-order valence-electron chi connectivity index (χ2n) is 5.57. The maximum Gasteiger partial charge on any atom is 0.230 e. The lowest BCUT2D eigenvalue weighted by atomic mass is 9.94. The van der Waals surface area contributed by atoms with Gasteiger partial charge in [0.15, 0.2) is 0 Å². The number of rotatable bonds is 6. The number of hydrogen-bond donors (Lipinski definition) is 1. The fourth-order valence-electron chi connectivity index (χ4n) is 3.19. The van der Waals surface area contributed by atoms with Gasteiger partial charge in [0.05, 0.1) is 5.92 Å². The Morgan fingerprint density at radius 2 is 2.15 bits per heavy atom. The predicted octanol–water partition coefficient (Wildman–Crippen LogP) is 2.94. The summed E-state index contributed by atoms with van der Waals surface area (Å²) in [6.07, 6.45) is 4.72. The van der Waals surface area contributed by atoms with Gasteiger partial charge in [0.2, 0.25) is 5.91 Å². The van der Waals surface area contributed by atoms with E-state index in [1.807, 2.05) is 30.3 Å². The lowest BCUT2D eigenvalue weighted by Gasteiger charge is -2.28. The van der Waals surface area contributed by atoms with Crippen LogP contribution in [0.25, 0.3) is 0 Å². The van der Waals surface area contributed by atoms with E-state index in [9.17, 15) is 4.79 Å². The Bertz CT molecular complexity index is 418. The molecule has 0 aromatic heterocycles. The highest BCUT2D eigenvalue weighted by Gasteiger charge is 2.32. The molecule has 1 fully saturated rings. The quantitative estimate of drug-likeness (QED) is 0.867. The molecule has 1 amide bonds. The SMILES string of the molecule is CCC(C(=O)N1CCCC1CCCO)c1ccccc1.